The Morgan fingerprint density at radius 1 is 1.11 bits per heavy atom. The van der Waals surface area contributed by atoms with Gasteiger partial charge in [-0.3, -0.25) is 9.36 Å². The Morgan fingerprint density at radius 3 is 2.68 bits per heavy atom. The van der Waals surface area contributed by atoms with Gasteiger partial charge < -0.3 is 10.1 Å². The van der Waals surface area contributed by atoms with Crippen LogP contribution in [0, 0.1) is 0 Å². The van der Waals surface area contributed by atoms with E-state index in [9.17, 15) is 9.59 Å². The first-order valence-electron chi connectivity index (χ1n) is 9.20. The van der Waals surface area contributed by atoms with Crippen LogP contribution in [-0.4, -0.2) is 30.2 Å². The molecule has 0 spiro atoms. The summed E-state index contributed by atoms with van der Waals surface area (Å²) in [6, 6.07) is 9.35. The molecule has 3 heterocycles. The largest absolute Gasteiger partial charge is 0.424 e. The van der Waals surface area contributed by atoms with Crippen molar-refractivity contribution in [2.45, 2.75) is 38.8 Å². The van der Waals surface area contributed by atoms with Gasteiger partial charge in [-0.25, -0.2) is 19.4 Å². The molecule has 0 saturated carbocycles. The quantitative estimate of drug-likeness (QED) is 0.726. The molecule has 1 aromatic carbocycles. The monoisotopic (exact) mass is 380 g/mol. The fraction of sp³-hybridized carbons (Fsp3) is 0.316. The summed E-state index contributed by atoms with van der Waals surface area (Å²) in [7, 11) is 0. The number of fused-ring (bicyclic) bond motifs is 1. The van der Waals surface area contributed by atoms with Gasteiger partial charge >= 0.3 is 11.7 Å². The number of rotatable bonds is 5. The molecule has 1 N–H and O–H groups in total. The van der Waals surface area contributed by atoms with Gasteiger partial charge in [0.2, 0.25) is 5.91 Å². The van der Waals surface area contributed by atoms with E-state index in [4.69, 9.17) is 4.74 Å². The van der Waals surface area contributed by atoms with Crippen LogP contribution >= 0.6 is 0 Å². The van der Waals surface area contributed by atoms with Crippen LogP contribution in [0.5, 0.6) is 11.8 Å². The average molecular weight is 380 g/mol. The second-order valence-electron chi connectivity index (χ2n) is 6.54. The maximum absolute atomic E-state index is 12.4. The van der Waals surface area contributed by atoms with Crippen LogP contribution in [0.4, 0.5) is 5.69 Å². The minimum atomic E-state index is -0.365. The average Bonchev–Trinajstić information content (AvgIpc) is 2.86. The Bertz CT molecular complexity index is 1010. The number of nitrogens with zero attached hydrogens (tertiary/aromatic N) is 5. The summed E-state index contributed by atoms with van der Waals surface area (Å²) < 4.78 is 8.39. The number of carbonyl (C=O) groups excluding carboxylic acids is 1. The van der Waals surface area contributed by atoms with Crippen molar-refractivity contribution in [3.05, 3.63) is 59.0 Å². The molecule has 28 heavy (non-hydrogen) atoms. The molecule has 0 fully saturated rings. The molecule has 9 heteroatoms. The predicted octanol–water partition coefficient (Wildman–Crippen LogP) is 1.99. The van der Waals surface area contributed by atoms with E-state index < -0.39 is 0 Å². The number of aromatic nitrogens is 5. The fourth-order valence-electron chi connectivity index (χ4n) is 3.09. The second-order valence-corrected chi connectivity index (χ2v) is 6.54. The Kier molecular flexibility index (Phi) is 5.14. The van der Waals surface area contributed by atoms with Crippen molar-refractivity contribution < 1.29 is 9.53 Å². The third-order valence-corrected chi connectivity index (χ3v) is 4.44. The van der Waals surface area contributed by atoms with Crippen LogP contribution in [0.1, 0.15) is 25.1 Å². The maximum Gasteiger partial charge on any atom is 0.346 e. The maximum atomic E-state index is 12.4. The van der Waals surface area contributed by atoms with Crippen LogP contribution in [0.3, 0.4) is 0 Å². The van der Waals surface area contributed by atoms with Crippen molar-refractivity contribution in [3.63, 3.8) is 0 Å². The summed E-state index contributed by atoms with van der Waals surface area (Å²) in [5.41, 5.74) is 0.175. The van der Waals surface area contributed by atoms with Crippen molar-refractivity contribution in [3.8, 4) is 11.8 Å². The lowest BCUT2D eigenvalue weighted by Gasteiger charge is -2.06. The van der Waals surface area contributed by atoms with Gasteiger partial charge in [-0.2, -0.15) is 5.10 Å². The normalized spacial score (nSPS) is 13.4. The van der Waals surface area contributed by atoms with E-state index in [0.717, 1.165) is 31.5 Å². The Labute approximate surface area is 161 Å². The molecule has 0 bridgehead atoms. The smallest absolute Gasteiger partial charge is 0.346 e. The van der Waals surface area contributed by atoms with Crippen LogP contribution in [0.2, 0.25) is 0 Å². The number of hydrogen-bond acceptors (Lipinski definition) is 6. The summed E-state index contributed by atoms with van der Waals surface area (Å²) in [5.74, 6) is 1.01. The van der Waals surface area contributed by atoms with Gasteiger partial charge in [-0.05, 0) is 25.0 Å². The van der Waals surface area contributed by atoms with Crippen molar-refractivity contribution in [2.75, 3.05) is 5.32 Å². The number of ether oxygens (including phenoxy) is 1. The lowest BCUT2D eigenvalue weighted by atomic mass is 10.2. The first kappa shape index (κ1) is 17.9. The molecular weight excluding hydrogens is 360 g/mol. The second kappa shape index (κ2) is 8.03. The molecule has 0 radical (unpaired) electrons. The van der Waals surface area contributed by atoms with Crippen molar-refractivity contribution in [2.24, 2.45) is 0 Å². The van der Waals surface area contributed by atoms with Crippen LogP contribution in [-0.2, 0) is 24.3 Å². The van der Waals surface area contributed by atoms with Crippen molar-refractivity contribution in [1.29, 1.82) is 0 Å². The molecule has 0 unspecified atom stereocenters. The van der Waals surface area contributed by atoms with Gasteiger partial charge in [-0.1, -0.05) is 24.6 Å². The van der Waals surface area contributed by atoms with E-state index in [-0.39, 0.29) is 24.2 Å². The summed E-state index contributed by atoms with van der Waals surface area (Å²) in [6.07, 6.45) is 6.73. The van der Waals surface area contributed by atoms with Crippen molar-refractivity contribution >= 4 is 11.6 Å². The standard InChI is InChI=1S/C19H20N6O3/c26-17(13-25-19(27)24-10-6-2-5-9-16(24)23-25)22-14-11-20-18(21-12-14)28-15-7-3-1-4-8-15/h1,3-4,7-8,11-12H,2,5-6,9-10,13H2,(H,22,26). The number of para-hydroxylation sites is 1. The van der Waals surface area contributed by atoms with Gasteiger partial charge in [0.1, 0.15) is 18.1 Å². The number of carbonyl (C=O) groups is 1. The van der Waals surface area contributed by atoms with E-state index in [1.54, 1.807) is 16.7 Å². The fourth-order valence-corrected chi connectivity index (χ4v) is 3.09. The molecule has 0 saturated heterocycles. The number of nitrogens with one attached hydrogen (secondary N) is 1. The minimum absolute atomic E-state index is 0.152. The first-order valence-corrected chi connectivity index (χ1v) is 9.20. The molecule has 1 aliphatic heterocycles. The molecule has 2 aromatic heterocycles. The summed E-state index contributed by atoms with van der Waals surface area (Å²) in [5, 5.41) is 6.98. The molecule has 1 aliphatic rings. The molecule has 3 aromatic rings. The zero-order valence-corrected chi connectivity index (χ0v) is 15.2. The molecule has 0 aliphatic carbocycles. The minimum Gasteiger partial charge on any atom is -0.424 e. The number of anilines is 1. The van der Waals surface area contributed by atoms with Gasteiger partial charge in [0.25, 0.3) is 0 Å². The number of aryl methyl sites for hydroxylation is 1. The summed E-state index contributed by atoms with van der Waals surface area (Å²) >= 11 is 0. The third-order valence-electron chi connectivity index (χ3n) is 4.44. The summed E-state index contributed by atoms with van der Waals surface area (Å²) in [6.45, 7) is 0.508. The lowest BCUT2D eigenvalue weighted by Crippen LogP contribution is -2.30. The Morgan fingerprint density at radius 2 is 1.89 bits per heavy atom. The highest BCUT2D eigenvalue weighted by Gasteiger charge is 2.17. The van der Waals surface area contributed by atoms with E-state index in [1.807, 2.05) is 18.2 Å². The van der Waals surface area contributed by atoms with Crippen LogP contribution < -0.4 is 15.7 Å². The highest BCUT2D eigenvalue weighted by molar-refractivity contribution is 5.90. The third kappa shape index (κ3) is 4.08. The highest BCUT2D eigenvalue weighted by Crippen LogP contribution is 2.17. The molecule has 1 amide bonds. The first-order chi connectivity index (χ1) is 13.7. The lowest BCUT2D eigenvalue weighted by molar-refractivity contribution is -0.117. The highest BCUT2D eigenvalue weighted by atomic mass is 16.5. The van der Waals surface area contributed by atoms with Crippen LogP contribution in [0.15, 0.2) is 47.5 Å². The van der Waals surface area contributed by atoms with Crippen LogP contribution in [0.25, 0.3) is 0 Å². The molecule has 4 rings (SSSR count). The van der Waals surface area contributed by atoms with Gasteiger partial charge in [0.15, 0.2) is 0 Å². The van der Waals surface area contributed by atoms with Gasteiger partial charge in [-0.15, -0.1) is 0 Å². The van der Waals surface area contributed by atoms with Gasteiger partial charge in [0.05, 0.1) is 18.1 Å². The van der Waals surface area contributed by atoms with Crippen molar-refractivity contribution in [1.82, 2.24) is 24.3 Å². The van der Waals surface area contributed by atoms with E-state index in [2.05, 4.69) is 20.4 Å². The zero-order chi connectivity index (χ0) is 19.3. The number of amides is 1. The molecule has 144 valence electrons. The van der Waals surface area contributed by atoms with E-state index >= 15 is 0 Å². The van der Waals surface area contributed by atoms with Gasteiger partial charge in [0, 0.05) is 13.0 Å². The number of hydrogen-bond donors (Lipinski definition) is 1. The van der Waals surface area contributed by atoms with E-state index in [0.29, 0.717) is 18.0 Å². The SMILES string of the molecule is O=C(Cn1nc2n(c1=O)CCCCC2)Nc1cnc(Oc2ccccc2)nc1. The van der Waals surface area contributed by atoms with E-state index in [1.165, 1.54) is 17.1 Å². The number of benzene rings is 1. The molecular formula is C19H20N6O3. The Balaban J connectivity index is 1.38. The molecule has 9 nitrogen and oxygen atoms in total. The molecule has 0 atom stereocenters. The summed E-state index contributed by atoms with van der Waals surface area (Å²) in [4.78, 5) is 32.9. The zero-order valence-electron chi connectivity index (χ0n) is 15.2. The predicted molar refractivity (Wildman–Crippen MR) is 101 cm³/mol. The Hall–Kier alpha value is -3.49. The topological polar surface area (TPSA) is 104 Å².